The Labute approximate surface area is 148 Å². The first-order valence-electron chi connectivity index (χ1n) is 7.99. The molecule has 0 saturated heterocycles. The van der Waals surface area contributed by atoms with Crippen LogP contribution in [0.3, 0.4) is 0 Å². The zero-order valence-electron chi connectivity index (χ0n) is 14.2. The number of nitrogens with one attached hydrogen (secondary N) is 2. The molecule has 0 fully saturated rings. The average Bonchev–Trinajstić information content (AvgIpc) is 2.53. The number of carbonyl (C=O) groups is 1. The first kappa shape index (κ1) is 18.1. The van der Waals surface area contributed by atoms with Gasteiger partial charge in [-0.3, -0.25) is 0 Å². The Morgan fingerprint density at radius 3 is 2.46 bits per heavy atom. The highest BCUT2D eigenvalue weighted by atomic mass is 35.5. The number of carbonyl (C=O) groups excluding carboxylic acids is 1. The van der Waals surface area contributed by atoms with E-state index >= 15 is 0 Å². The Balaban J connectivity index is 1.78. The topological polar surface area (TPSA) is 50.4 Å². The molecule has 2 aromatic carbocycles. The van der Waals surface area contributed by atoms with Gasteiger partial charge in [-0.2, -0.15) is 0 Å². The molecule has 0 aliphatic rings. The third kappa shape index (κ3) is 5.78. The van der Waals surface area contributed by atoms with E-state index in [2.05, 4.69) is 24.5 Å². The lowest BCUT2D eigenvalue weighted by Gasteiger charge is -2.17. The summed E-state index contributed by atoms with van der Waals surface area (Å²) in [6, 6.07) is 15.0. The molecule has 2 rings (SSSR count). The van der Waals surface area contributed by atoms with Crippen molar-refractivity contribution in [1.82, 2.24) is 10.6 Å². The van der Waals surface area contributed by atoms with Crippen molar-refractivity contribution in [2.24, 2.45) is 0 Å². The Hall–Kier alpha value is -2.20. The smallest absolute Gasteiger partial charge is 0.317 e. The molecule has 2 amide bonds. The summed E-state index contributed by atoms with van der Waals surface area (Å²) in [7, 11) is 0. The maximum absolute atomic E-state index is 11.9. The second kappa shape index (κ2) is 8.60. The average molecular weight is 347 g/mol. The van der Waals surface area contributed by atoms with E-state index in [9.17, 15) is 4.79 Å². The van der Waals surface area contributed by atoms with Crippen molar-refractivity contribution in [3.05, 3.63) is 64.7 Å². The first-order chi connectivity index (χ1) is 11.4. The van der Waals surface area contributed by atoms with E-state index in [-0.39, 0.29) is 6.03 Å². The number of halogens is 1. The molecule has 0 aliphatic carbocycles. The van der Waals surface area contributed by atoms with Gasteiger partial charge in [-0.05, 0) is 48.2 Å². The second-order valence-corrected chi connectivity index (χ2v) is 6.38. The SMILES string of the molecule is CC(NC(=O)NCc1cccc(Cl)c1)Oc1ccc(C(C)C)cc1. The second-order valence-electron chi connectivity index (χ2n) is 5.94. The molecule has 5 heteroatoms. The summed E-state index contributed by atoms with van der Waals surface area (Å²) in [6.07, 6.45) is -0.436. The van der Waals surface area contributed by atoms with E-state index in [1.54, 1.807) is 13.0 Å². The molecule has 1 unspecified atom stereocenters. The number of ether oxygens (including phenoxy) is 1. The minimum Gasteiger partial charge on any atom is -0.471 e. The summed E-state index contributed by atoms with van der Waals surface area (Å²) >= 11 is 5.92. The normalized spacial score (nSPS) is 11.9. The molecule has 0 aromatic heterocycles. The molecule has 0 heterocycles. The van der Waals surface area contributed by atoms with Gasteiger partial charge in [0.25, 0.3) is 0 Å². The molecule has 0 spiro atoms. The van der Waals surface area contributed by atoms with Crippen LogP contribution < -0.4 is 15.4 Å². The number of hydrogen-bond donors (Lipinski definition) is 2. The quantitative estimate of drug-likeness (QED) is 0.745. The van der Waals surface area contributed by atoms with Gasteiger partial charge in [-0.15, -0.1) is 0 Å². The maximum atomic E-state index is 11.9. The standard InChI is InChI=1S/C19H23ClN2O2/c1-13(2)16-7-9-18(10-8-16)24-14(3)22-19(23)21-12-15-5-4-6-17(20)11-15/h4-11,13-14H,12H2,1-3H3,(H2,21,22,23). The van der Waals surface area contributed by atoms with Crippen molar-refractivity contribution in [2.45, 2.75) is 39.5 Å². The summed E-state index contributed by atoms with van der Waals surface area (Å²) in [5.41, 5.74) is 2.19. The summed E-state index contributed by atoms with van der Waals surface area (Å²) in [6.45, 7) is 6.48. The number of benzene rings is 2. The molecule has 1 atom stereocenters. The number of amides is 2. The number of rotatable bonds is 6. The third-order valence-electron chi connectivity index (χ3n) is 3.54. The van der Waals surface area contributed by atoms with Crippen molar-refractivity contribution in [3.63, 3.8) is 0 Å². The highest BCUT2D eigenvalue weighted by molar-refractivity contribution is 6.30. The molecule has 0 radical (unpaired) electrons. The fourth-order valence-corrected chi connectivity index (χ4v) is 2.44. The summed E-state index contributed by atoms with van der Waals surface area (Å²) in [5, 5.41) is 6.17. The molecular weight excluding hydrogens is 324 g/mol. The molecule has 2 aromatic rings. The molecule has 0 saturated carbocycles. The lowest BCUT2D eigenvalue weighted by molar-refractivity contribution is 0.177. The van der Waals surface area contributed by atoms with Gasteiger partial charge in [0.2, 0.25) is 0 Å². The van der Waals surface area contributed by atoms with Gasteiger partial charge in [0.15, 0.2) is 6.23 Å². The first-order valence-corrected chi connectivity index (χ1v) is 8.37. The van der Waals surface area contributed by atoms with Crippen molar-refractivity contribution in [3.8, 4) is 5.75 Å². The lowest BCUT2D eigenvalue weighted by Crippen LogP contribution is -2.43. The van der Waals surface area contributed by atoms with Crippen LogP contribution in [0.5, 0.6) is 5.75 Å². The van der Waals surface area contributed by atoms with Crippen LogP contribution in [0.1, 0.15) is 37.8 Å². The summed E-state index contributed by atoms with van der Waals surface area (Å²) in [4.78, 5) is 11.9. The summed E-state index contributed by atoms with van der Waals surface area (Å²) in [5.74, 6) is 1.20. The highest BCUT2D eigenvalue weighted by Gasteiger charge is 2.09. The van der Waals surface area contributed by atoms with E-state index in [0.29, 0.717) is 17.5 Å². The minimum absolute atomic E-state index is 0.290. The number of urea groups is 1. The molecule has 2 N–H and O–H groups in total. The predicted octanol–water partition coefficient (Wildman–Crippen LogP) is 4.69. The van der Waals surface area contributed by atoms with E-state index < -0.39 is 6.23 Å². The van der Waals surface area contributed by atoms with Gasteiger partial charge >= 0.3 is 6.03 Å². The third-order valence-corrected chi connectivity index (χ3v) is 3.77. The van der Waals surface area contributed by atoms with Crippen molar-refractivity contribution in [1.29, 1.82) is 0 Å². The van der Waals surface area contributed by atoms with Crippen LogP contribution in [0.15, 0.2) is 48.5 Å². The Kier molecular flexibility index (Phi) is 6.50. The fraction of sp³-hybridized carbons (Fsp3) is 0.316. The van der Waals surface area contributed by atoms with Gasteiger partial charge in [-0.25, -0.2) is 4.79 Å². The maximum Gasteiger partial charge on any atom is 0.317 e. The van der Waals surface area contributed by atoms with Crippen molar-refractivity contribution < 1.29 is 9.53 Å². The van der Waals surface area contributed by atoms with Crippen molar-refractivity contribution >= 4 is 17.6 Å². The molecule has 0 bridgehead atoms. The molecular formula is C19H23ClN2O2. The minimum atomic E-state index is -0.436. The van der Waals surface area contributed by atoms with Gasteiger partial charge in [0.1, 0.15) is 5.75 Å². The van der Waals surface area contributed by atoms with E-state index in [4.69, 9.17) is 16.3 Å². The zero-order chi connectivity index (χ0) is 17.5. The molecule has 0 aliphatic heterocycles. The van der Waals surface area contributed by atoms with Gasteiger partial charge in [0.05, 0.1) is 0 Å². The van der Waals surface area contributed by atoms with E-state index in [1.807, 2.05) is 42.5 Å². The van der Waals surface area contributed by atoms with Crippen LogP contribution in [0.25, 0.3) is 0 Å². The van der Waals surface area contributed by atoms with Crippen LogP contribution in [0.4, 0.5) is 4.79 Å². The van der Waals surface area contributed by atoms with Crippen LogP contribution in [-0.2, 0) is 6.54 Å². The summed E-state index contributed by atoms with van der Waals surface area (Å²) < 4.78 is 5.70. The molecule has 128 valence electrons. The van der Waals surface area contributed by atoms with Gasteiger partial charge in [-0.1, -0.05) is 49.7 Å². The number of hydrogen-bond acceptors (Lipinski definition) is 2. The van der Waals surface area contributed by atoms with E-state index in [0.717, 1.165) is 11.3 Å². The van der Waals surface area contributed by atoms with E-state index in [1.165, 1.54) is 5.56 Å². The van der Waals surface area contributed by atoms with Gasteiger partial charge in [0, 0.05) is 11.6 Å². The van der Waals surface area contributed by atoms with Crippen LogP contribution in [0, 0.1) is 0 Å². The molecule has 24 heavy (non-hydrogen) atoms. The monoisotopic (exact) mass is 346 g/mol. The predicted molar refractivity (Wildman–Crippen MR) is 97.4 cm³/mol. The Morgan fingerprint density at radius 2 is 1.83 bits per heavy atom. The van der Waals surface area contributed by atoms with Gasteiger partial charge < -0.3 is 15.4 Å². The largest absolute Gasteiger partial charge is 0.471 e. The van der Waals surface area contributed by atoms with Crippen LogP contribution in [-0.4, -0.2) is 12.3 Å². The lowest BCUT2D eigenvalue weighted by atomic mass is 10.0. The van der Waals surface area contributed by atoms with Crippen LogP contribution >= 0.6 is 11.6 Å². The highest BCUT2D eigenvalue weighted by Crippen LogP contribution is 2.19. The van der Waals surface area contributed by atoms with Crippen LogP contribution in [0.2, 0.25) is 5.02 Å². The fourth-order valence-electron chi connectivity index (χ4n) is 2.23. The van der Waals surface area contributed by atoms with Crippen molar-refractivity contribution in [2.75, 3.05) is 0 Å². The Bertz CT molecular complexity index is 671. The zero-order valence-corrected chi connectivity index (χ0v) is 14.9. The molecule has 4 nitrogen and oxygen atoms in total. The Morgan fingerprint density at radius 1 is 1.12 bits per heavy atom.